The lowest BCUT2D eigenvalue weighted by atomic mass is 9.99. The van der Waals surface area contributed by atoms with E-state index in [0.717, 1.165) is 10.9 Å². The lowest BCUT2D eigenvalue weighted by molar-refractivity contribution is -0.142. The van der Waals surface area contributed by atoms with Crippen LogP contribution in [0.15, 0.2) is 108 Å². The number of fused-ring (bicyclic) bond motifs is 1. The van der Waals surface area contributed by atoms with E-state index in [2.05, 4.69) is 47.2 Å². The van der Waals surface area contributed by atoms with Crippen LogP contribution in [0.1, 0.15) is 81.5 Å². The summed E-state index contributed by atoms with van der Waals surface area (Å²) in [6.07, 6.45) is 2.68. The number of nitrogens with two attached hydrogens (primary N) is 2. The van der Waals surface area contributed by atoms with Crippen molar-refractivity contribution >= 4 is 64.1 Å². The lowest BCUT2D eigenvalue weighted by Crippen LogP contribution is -2.61. The molecule has 84 heavy (non-hydrogen) atoms. The van der Waals surface area contributed by atoms with Gasteiger partial charge in [0, 0.05) is 62.4 Å². The van der Waals surface area contributed by atoms with Crippen LogP contribution in [0.25, 0.3) is 10.9 Å². The fourth-order valence-electron chi connectivity index (χ4n) is 9.87. The minimum Gasteiger partial charge on any atom is -0.508 e. The number of benzene rings is 4. The van der Waals surface area contributed by atoms with E-state index in [9.17, 15) is 58.1 Å². The number of carbonyl (C=O) groups excluding carboxylic acids is 8. The molecule has 450 valence electrons. The van der Waals surface area contributed by atoms with Crippen molar-refractivity contribution in [2.45, 2.75) is 127 Å². The maximum Gasteiger partial charge on any atom is 0.245 e. The molecule has 0 saturated carbocycles. The Morgan fingerprint density at radius 3 is 1.77 bits per heavy atom. The number of aliphatic imine (C=N–C) groups is 1. The summed E-state index contributed by atoms with van der Waals surface area (Å²) in [6.45, 7) is 5.17. The van der Waals surface area contributed by atoms with Gasteiger partial charge in [0.05, 0.1) is 6.61 Å². The molecule has 8 amide bonds. The zero-order valence-electron chi connectivity index (χ0n) is 47.4. The van der Waals surface area contributed by atoms with Crippen molar-refractivity contribution in [2.75, 3.05) is 26.2 Å². The first-order valence-electron chi connectivity index (χ1n) is 28.1. The van der Waals surface area contributed by atoms with Gasteiger partial charge < -0.3 is 73.9 Å². The summed E-state index contributed by atoms with van der Waals surface area (Å²) in [4.78, 5) is 122. The third-order valence-corrected chi connectivity index (χ3v) is 14.2. The number of likely N-dealkylation sites (N-methyl/N-ethyl adjacent to an activating group) is 1. The minimum atomic E-state index is -1.70. The van der Waals surface area contributed by atoms with Crippen molar-refractivity contribution in [3.05, 3.63) is 131 Å². The van der Waals surface area contributed by atoms with Crippen molar-refractivity contribution in [1.29, 1.82) is 0 Å². The molecule has 7 atom stereocenters. The van der Waals surface area contributed by atoms with Gasteiger partial charge in [0.1, 0.15) is 59.6 Å². The molecule has 2 heterocycles. The maximum atomic E-state index is 14.8. The number of halogens is 1. The second kappa shape index (κ2) is 31.4. The highest BCUT2D eigenvalue weighted by Gasteiger charge is 2.39. The van der Waals surface area contributed by atoms with Gasteiger partial charge >= 0.3 is 0 Å². The number of aromatic amines is 1. The third kappa shape index (κ3) is 19.3. The van der Waals surface area contributed by atoms with Gasteiger partial charge in [0.2, 0.25) is 47.3 Å². The highest BCUT2D eigenvalue weighted by Crippen LogP contribution is 2.22. The summed E-state index contributed by atoms with van der Waals surface area (Å²) in [6, 6.07) is 15.2. The summed E-state index contributed by atoms with van der Waals surface area (Å²) >= 11 is 0. The van der Waals surface area contributed by atoms with Crippen LogP contribution in [0, 0.1) is 11.7 Å². The number of carbonyl (C=O) groups is 8. The predicted octanol–water partition coefficient (Wildman–Crippen LogP) is 1.51. The molecule has 15 N–H and O–H groups in total. The largest absolute Gasteiger partial charge is 0.508 e. The van der Waals surface area contributed by atoms with Gasteiger partial charge in [-0.15, -0.1) is 0 Å². The second-order valence-electron chi connectivity index (χ2n) is 21.2. The van der Waals surface area contributed by atoms with E-state index in [4.69, 9.17) is 11.5 Å². The summed E-state index contributed by atoms with van der Waals surface area (Å²) in [5.41, 5.74) is 14.1. The number of amides is 8. The van der Waals surface area contributed by atoms with Crippen molar-refractivity contribution in [2.24, 2.45) is 22.4 Å². The molecule has 1 saturated heterocycles. The van der Waals surface area contributed by atoms with Crippen LogP contribution in [-0.2, 0) is 64.0 Å². The van der Waals surface area contributed by atoms with E-state index in [1.165, 1.54) is 65.6 Å². The Balaban J connectivity index is 1.24. The first kappa shape index (κ1) is 64.1. The Morgan fingerprint density at radius 2 is 1.20 bits per heavy atom. The molecule has 6 rings (SSSR count). The minimum absolute atomic E-state index is 0.0500. The van der Waals surface area contributed by atoms with E-state index in [1.54, 1.807) is 25.3 Å². The number of nitrogens with one attached hydrogen (secondary N) is 8. The van der Waals surface area contributed by atoms with Crippen molar-refractivity contribution < 1.29 is 58.1 Å². The summed E-state index contributed by atoms with van der Waals surface area (Å²) in [5, 5.41) is 50.7. The molecule has 0 unspecified atom stereocenters. The molecule has 23 nitrogen and oxygen atoms in total. The molecule has 1 fully saturated rings. The Labute approximate surface area is 486 Å². The van der Waals surface area contributed by atoms with Crippen LogP contribution in [0.5, 0.6) is 11.5 Å². The van der Waals surface area contributed by atoms with Crippen LogP contribution in [-0.4, -0.2) is 147 Å². The average molecular weight is 1160 g/mol. The molecule has 0 bridgehead atoms. The smallest absolute Gasteiger partial charge is 0.245 e. The van der Waals surface area contributed by atoms with E-state index >= 15 is 0 Å². The van der Waals surface area contributed by atoms with Gasteiger partial charge in [-0.1, -0.05) is 68.4 Å². The Bertz CT molecular complexity index is 3080. The number of hydrogen-bond donors (Lipinski definition) is 13. The number of aryl methyl sites for hydroxylation is 1. The zero-order chi connectivity index (χ0) is 60.9. The number of guanidine groups is 1. The Hall–Kier alpha value is -9.06. The average Bonchev–Trinajstić information content (AvgIpc) is 4.15. The van der Waals surface area contributed by atoms with Crippen LogP contribution >= 0.6 is 0 Å². The van der Waals surface area contributed by atoms with Gasteiger partial charge in [-0.25, -0.2) is 4.39 Å². The number of aromatic hydroxyl groups is 2. The zero-order valence-corrected chi connectivity index (χ0v) is 47.4. The standard InChI is InChI=1S/C60H77FN12O11/c1-4-64-58(83)51-12-8-28-73(51)59(84)45(11-7-27-65-60(62)63)68-53(78)46(29-35(2)3)69-54(79)47(30-37-15-22-41(75)23-16-37)70-55(80)48(31-38-17-24-42(76)25-18-38)71-57(82)50(34-74)72-56(81)49(32-39-33-66-44-10-6-5-9-43(39)44)67-52(77)26-19-36-13-20-40(61)21-14-36/h5-6,9-10,13-18,20-25,33,35,45-51,66,74-76H,4,7-8,11-12,19,26-32,34H2,1-3H3,(H,64,83)(H,67,77)(H,68,78)(H,69,79)(H,70,80)(H,71,82)(H,72,81)(H4,62,63,65)/t45-,46-,47+,48+,49+,50-,51+/m0/s1. The number of aliphatic hydroxyl groups excluding tert-OH is 1. The number of rotatable bonds is 30. The van der Waals surface area contributed by atoms with Gasteiger partial charge in [0.25, 0.3) is 0 Å². The second-order valence-corrected chi connectivity index (χ2v) is 21.2. The normalized spacial score (nSPS) is 15.1. The Kier molecular flexibility index (Phi) is 24.0. The van der Waals surface area contributed by atoms with E-state index in [-0.39, 0.29) is 93.7 Å². The number of para-hydroxylation sites is 1. The van der Waals surface area contributed by atoms with Gasteiger partial charge in [-0.3, -0.25) is 43.3 Å². The number of aromatic nitrogens is 1. The molecule has 5 aromatic rings. The molecule has 1 aliphatic heterocycles. The molecule has 1 aliphatic rings. The highest BCUT2D eigenvalue weighted by atomic mass is 19.1. The van der Waals surface area contributed by atoms with Crippen LogP contribution in [0.4, 0.5) is 4.39 Å². The van der Waals surface area contributed by atoms with Crippen molar-refractivity contribution in [3.63, 3.8) is 0 Å². The quantitative estimate of drug-likeness (QED) is 0.0176. The predicted molar refractivity (Wildman–Crippen MR) is 312 cm³/mol. The first-order valence-corrected chi connectivity index (χ1v) is 28.1. The topological polar surface area (TPSA) is 365 Å². The van der Waals surface area contributed by atoms with Crippen molar-refractivity contribution in [3.8, 4) is 11.5 Å². The number of nitrogens with zero attached hydrogens (tertiary/aromatic N) is 2. The number of aliphatic hydroxyl groups is 1. The van der Waals surface area contributed by atoms with Crippen LogP contribution in [0.3, 0.4) is 0 Å². The molecule has 4 aromatic carbocycles. The highest BCUT2D eigenvalue weighted by molar-refractivity contribution is 5.98. The maximum absolute atomic E-state index is 14.8. The third-order valence-electron chi connectivity index (χ3n) is 14.2. The molecule has 24 heteroatoms. The number of hydrogen-bond acceptors (Lipinski definition) is 12. The van der Waals surface area contributed by atoms with Gasteiger partial charge in [-0.05, 0) is 116 Å². The number of phenols is 2. The molecule has 1 aromatic heterocycles. The summed E-state index contributed by atoms with van der Waals surface area (Å²) in [7, 11) is 0. The molecular weight excluding hydrogens is 1080 g/mol. The fourth-order valence-corrected chi connectivity index (χ4v) is 9.87. The summed E-state index contributed by atoms with van der Waals surface area (Å²) in [5.74, 6) is -6.74. The molecule has 0 spiro atoms. The Morgan fingerprint density at radius 1 is 0.679 bits per heavy atom. The van der Waals surface area contributed by atoms with Crippen LogP contribution < -0.4 is 48.7 Å². The molecule has 0 aliphatic carbocycles. The lowest BCUT2D eigenvalue weighted by Gasteiger charge is -2.30. The monoisotopic (exact) mass is 1160 g/mol. The van der Waals surface area contributed by atoms with Gasteiger partial charge in [-0.2, -0.15) is 0 Å². The van der Waals surface area contributed by atoms with E-state index in [1.807, 2.05) is 38.1 Å². The number of likely N-dealkylation sites (tertiary alicyclic amines) is 1. The fraction of sp³-hybridized carbons (Fsp3) is 0.417. The van der Waals surface area contributed by atoms with Gasteiger partial charge in [0.15, 0.2) is 5.96 Å². The van der Waals surface area contributed by atoms with Crippen LogP contribution in [0.2, 0.25) is 0 Å². The SMILES string of the molecule is CCNC(=O)[C@H]1CCCN1C(=O)[C@H](CCCN=C(N)N)NC(=O)[C@H](CC(C)C)NC(=O)[C@@H](Cc1ccc(O)cc1)NC(=O)[C@@H](Cc1ccc(O)cc1)NC(=O)[C@H](CO)NC(=O)[C@@H](Cc1c[nH]c2ccccc12)NC(=O)CCc1ccc(F)cc1. The first-order chi connectivity index (χ1) is 40.2. The van der Waals surface area contributed by atoms with Crippen molar-refractivity contribution in [1.82, 2.24) is 47.1 Å². The number of phenolic OH excluding ortho intramolecular Hbond substituents is 2. The summed E-state index contributed by atoms with van der Waals surface area (Å²) < 4.78 is 13.6. The molecule has 0 radical (unpaired) electrons. The van der Waals surface area contributed by atoms with E-state index in [0.29, 0.717) is 41.6 Å². The number of H-pyrrole nitrogens is 1. The molecular formula is C60H77FN12O11. The van der Waals surface area contributed by atoms with E-state index < -0.39 is 96.1 Å².